The molecule has 3 N–H and O–H groups in total. The van der Waals surface area contributed by atoms with Crippen LogP contribution in [-0.2, 0) is 9.53 Å². The van der Waals surface area contributed by atoms with E-state index in [1.807, 2.05) is 17.5 Å². The highest BCUT2D eigenvalue weighted by atomic mass is 32.1. The fourth-order valence-electron chi connectivity index (χ4n) is 1.41. The molecular weight excluding hydrogens is 248 g/mol. The summed E-state index contributed by atoms with van der Waals surface area (Å²) in [5.41, 5.74) is 5.83. The van der Waals surface area contributed by atoms with Crippen molar-refractivity contribution in [1.82, 2.24) is 5.32 Å². The highest BCUT2D eigenvalue weighted by Crippen LogP contribution is 2.16. The number of nitrogens with one attached hydrogen (secondary N) is 1. The van der Waals surface area contributed by atoms with Gasteiger partial charge in [0.2, 0.25) is 5.91 Å². The van der Waals surface area contributed by atoms with Crippen LogP contribution in [0.5, 0.6) is 0 Å². The zero-order chi connectivity index (χ0) is 13.4. The average molecular weight is 270 g/mol. The van der Waals surface area contributed by atoms with Crippen molar-refractivity contribution in [3.8, 4) is 0 Å². The second-order valence-electron chi connectivity index (χ2n) is 4.61. The second-order valence-corrected chi connectivity index (χ2v) is 5.59. The molecule has 0 bridgehead atoms. The highest BCUT2D eigenvalue weighted by molar-refractivity contribution is 7.10. The second kappa shape index (κ2) is 8.24. The van der Waals surface area contributed by atoms with Crippen molar-refractivity contribution in [1.29, 1.82) is 0 Å². The maximum Gasteiger partial charge on any atom is 0.242 e. The smallest absolute Gasteiger partial charge is 0.242 e. The average Bonchev–Trinajstić information content (AvgIpc) is 2.85. The maximum atomic E-state index is 11.7. The molecule has 0 aromatic carbocycles. The predicted molar refractivity (Wildman–Crippen MR) is 74.5 cm³/mol. The molecule has 1 atom stereocenters. The molecule has 0 aliphatic heterocycles. The van der Waals surface area contributed by atoms with Crippen molar-refractivity contribution in [3.05, 3.63) is 22.4 Å². The molecule has 1 amide bonds. The Bertz CT molecular complexity index is 339. The lowest BCUT2D eigenvalue weighted by Crippen LogP contribution is -2.34. The number of hydrogen-bond donors (Lipinski definition) is 2. The third kappa shape index (κ3) is 5.62. The number of carbonyl (C=O) groups excluding carboxylic acids is 1. The van der Waals surface area contributed by atoms with Crippen molar-refractivity contribution >= 4 is 17.2 Å². The van der Waals surface area contributed by atoms with E-state index >= 15 is 0 Å². The van der Waals surface area contributed by atoms with Gasteiger partial charge in [-0.2, -0.15) is 0 Å². The third-order valence-corrected chi connectivity index (χ3v) is 3.30. The highest BCUT2D eigenvalue weighted by Gasteiger charge is 2.15. The van der Waals surface area contributed by atoms with Gasteiger partial charge in [-0.3, -0.25) is 4.79 Å². The van der Waals surface area contributed by atoms with Gasteiger partial charge in [0.05, 0.1) is 0 Å². The molecule has 1 unspecified atom stereocenters. The summed E-state index contributed by atoms with van der Waals surface area (Å²) in [5, 5.41) is 4.74. The summed E-state index contributed by atoms with van der Waals surface area (Å²) >= 11 is 1.50. The number of amides is 1. The molecule has 5 heteroatoms. The molecule has 1 heterocycles. The lowest BCUT2D eigenvalue weighted by atomic mass is 10.2. The Labute approximate surface area is 113 Å². The van der Waals surface area contributed by atoms with Crippen LogP contribution in [0.3, 0.4) is 0 Å². The quantitative estimate of drug-likeness (QED) is 0.709. The lowest BCUT2D eigenvalue weighted by molar-refractivity contribution is -0.122. The van der Waals surface area contributed by atoms with E-state index in [1.165, 1.54) is 11.3 Å². The summed E-state index contributed by atoms with van der Waals surface area (Å²) in [5.74, 6) is 0.424. The van der Waals surface area contributed by atoms with Crippen LogP contribution >= 0.6 is 11.3 Å². The lowest BCUT2D eigenvalue weighted by Gasteiger charge is -2.11. The Morgan fingerprint density at radius 3 is 2.94 bits per heavy atom. The summed E-state index contributed by atoms with van der Waals surface area (Å²) in [4.78, 5) is 12.6. The van der Waals surface area contributed by atoms with E-state index < -0.39 is 6.04 Å². The van der Waals surface area contributed by atoms with E-state index in [1.54, 1.807) is 0 Å². The van der Waals surface area contributed by atoms with Crippen molar-refractivity contribution in [2.75, 3.05) is 19.8 Å². The zero-order valence-corrected chi connectivity index (χ0v) is 11.8. The molecule has 1 aromatic heterocycles. The Kier molecular flexibility index (Phi) is 6.93. The fraction of sp³-hybridized carbons (Fsp3) is 0.615. The first-order valence-electron chi connectivity index (χ1n) is 6.25. The monoisotopic (exact) mass is 270 g/mol. The molecule has 102 valence electrons. The molecule has 0 radical (unpaired) electrons. The first-order chi connectivity index (χ1) is 8.61. The molecule has 4 nitrogen and oxygen atoms in total. The van der Waals surface area contributed by atoms with Crippen LogP contribution in [0.25, 0.3) is 0 Å². The summed E-state index contributed by atoms with van der Waals surface area (Å²) < 4.78 is 5.43. The molecule has 0 saturated carbocycles. The van der Waals surface area contributed by atoms with Gasteiger partial charge >= 0.3 is 0 Å². The largest absolute Gasteiger partial charge is 0.381 e. The minimum Gasteiger partial charge on any atom is -0.381 e. The number of hydrogen-bond acceptors (Lipinski definition) is 4. The standard InChI is InChI=1S/C13H22N2O2S/c1-10(2)9-17-7-4-6-15-13(16)12(14)11-5-3-8-18-11/h3,5,8,10,12H,4,6-7,9,14H2,1-2H3,(H,15,16). The summed E-state index contributed by atoms with van der Waals surface area (Å²) in [6, 6.07) is 3.22. The summed E-state index contributed by atoms with van der Waals surface area (Å²) in [6.07, 6.45) is 0.815. The van der Waals surface area contributed by atoms with Gasteiger partial charge in [0, 0.05) is 24.6 Å². The van der Waals surface area contributed by atoms with Gasteiger partial charge in [-0.05, 0) is 23.8 Å². The molecule has 0 aliphatic rings. The Balaban J connectivity index is 2.10. The van der Waals surface area contributed by atoms with Gasteiger partial charge in [-0.1, -0.05) is 19.9 Å². The number of thiophene rings is 1. The van der Waals surface area contributed by atoms with Gasteiger partial charge in [-0.15, -0.1) is 11.3 Å². The number of nitrogens with two attached hydrogens (primary N) is 1. The van der Waals surface area contributed by atoms with Crippen molar-refractivity contribution in [2.24, 2.45) is 11.7 Å². The van der Waals surface area contributed by atoms with Gasteiger partial charge in [0.25, 0.3) is 0 Å². The van der Waals surface area contributed by atoms with Crippen molar-refractivity contribution in [2.45, 2.75) is 26.3 Å². The van der Waals surface area contributed by atoms with Gasteiger partial charge < -0.3 is 15.8 Å². The predicted octanol–water partition coefficient (Wildman–Crippen LogP) is 1.93. The van der Waals surface area contributed by atoms with E-state index in [4.69, 9.17) is 10.5 Å². The third-order valence-electron chi connectivity index (χ3n) is 2.35. The van der Waals surface area contributed by atoms with E-state index in [0.29, 0.717) is 19.1 Å². The first kappa shape index (κ1) is 15.1. The zero-order valence-electron chi connectivity index (χ0n) is 11.0. The molecule has 1 aromatic rings. The first-order valence-corrected chi connectivity index (χ1v) is 7.13. The van der Waals surface area contributed by atoms with Gasteiger partial charge in [0.1, 0.15) is 6.04 Å². The van der Waals surface area contributed by atoms with E-state index in [0.717, 1.165) is 17.9 Å². The minimum absolute atomic E-state index is 0.124. The van der Waals surface area contributed by atoms with Crippen LogP contribution in [0.4, 0.5) is 0 Å². The van der Waals surface area contributed by atoms with Crippen LogP contribution in [0.1, 0.15) is 31.2 Å². The number of ether oxygens (including phenoxy) is 1. The van der Waals surface area contributed by atoms with Crippen LogP contribution in [0.15, 0.2) is 17.5 Å². The van der Waals surface area contributed by atoms with Gasteiger partial charge in [0.15, 0.2) is 0 Å². The van der Waals surface area contributed by atoms with Crippen LogP contribution in [-0.4, -0.2) is 25.7 Å². The van der Waals surface area contributed by atoms with Gasteiger partial charge in [-0.25, -0.2) is 0 Å². The van der Waals surface area contributed by atoms with Crippen molar-refractivity contribution < 1.29 is 9.53 Å². The molecule has 0 spiro atoms. The Morgan fingerprint density at radius 2 is 2.33 bits per heavy atom. The molecule has 0 saturated heterocycles. The van der Waals surface area contributed by atoms with E-state index in [2.05, 4.69) is 19.2 Å². The summed E-state index contributed by atoms with van der Waals surface area (Å²) in [7, 11) is 0. The van der Waals surface area contributed by atoms with Crippen LogP contribution in [0, 0.1) is 5.92 Å². The molecule has 0 fully saturated rings. The fourth-order valence-corrected chi connectivity index (χ4v) is 2.14. The van der Waals surface area contributed by atoms with Crippen molar-refractivity contribution in [3.63, 3.8) is 0 Å². The topological polar surface area (TPSA) is 64.3 Å². The Morgan fingerprint density at radius 1 is 1.56 bits per heavy atom. The number of carbonyl (C=O) groups is 1. The summed E-state index contributed by atoms with van der Waals surface area (Å²) in [6.45, 7) is 6.27. The van der Waals surface area contributed by atoms with Crippen LogP contribution < -0.4 is 11.1 Å². The van der Waals surface area contributed by atoms with Crippen LogP contribution in [0.2, 0.25) is 0 Å². The molecule has 18 heavy (non-hydrogen) atoms. The molecule has 0 aliphatic carbocycles. The molecular formula is C13H22N2O2S. The normalized spacial score (nSPS) is 12.7. The minimum atomic E-state index is -0.554. The Hall–Kier alpha value is -0.910. The SMILES string of the molecule is CC(C)COCCCNC(=O)C(N)c1cccs1. The molecule has 1 rings (SSSR count). The van der Waals surface area contributed by atoms with E-state index in [9.17, 15) is 4.79 Å². The van der Waals surface area contributed by atoms with E-state index in [-0.39, 0.29) is 5.91 Å². The number of rotatable bonds is 8. The maximum absolute atomic E-state index is 11.7.